The Labute approximate surface area is 223 Å². The molecule has 0 bridgehead atoms. The SMILES string of the molecule is CCc1nc2c(c(=O)[nH]c(=O)n2C(C)c2ccccc2)n1Cc1ccc(-c2ccccc2-c2nnn[nH]2)cc1. The first-order valence-corrected chi connectivity index (χ1v) is 12.8. The summed E-state index contributed by atoms with van der Waals surface area (Å²) in [4.78, 5) is 33.4. The number of nitrogens with one attached hydrogen (secondary N) is 2. The molecule has 1 unspecified atom stereocenters. The lowest BCUT2D eigenvalue weighted by atomic mass is 9.98. The monoisotopic (exact) mass is 518 g/mol. The van der Waals surface area contributed by atoms with Crippen molar-refractivity contribution >= 4 is 11.2 Å². The predicted octanol–water partition coefficient (Wildman–Crippen LogP) is 3.95. The van der Waals surface area contributed by atoms with Gasteiger partial charge in [-0.1, -0.05) is 85.8 Å². The molecule has 3 aromatic heterocycles. The molecule has 0 fully saturated rings. The van der Waals surface area contributed by atoms with Gasteiger partial charge in [0, 0.05) is 18.5 Å². The van der Waals surface area contributed by atoms with Crippen molar-refractivity contribution in [2.45, 2.75) is 32.9 Å². The zero-order valence-corrected chi connectivity index (χ0v) is 21.5. The molecule has 2 N–H and O–H groups in total. The van der Waals surface area contributed by atoms with Gasteiger partial charge < -0.3 is 4.57 Å². The molecule has 10 heteroatoms. The molecule has 1 atom stereocenters. The first-order chi connectivity index (χ1) is 19.0. The number of nitrogens with zero attached hydrogens (tertiary/aromatic N) is 6. The van der Waals surface area contributed by atoms with Crippen molar-refractivity contribution in [3.05, 3.63) is 117 Å². The molecule has 6 aromatic rings. The van der Waals surface area contributed by atoms with Gasteiger partial charge in [-0.25, -0.2) is 14.9 Å². The predicted molar refractivity (Wildman–Crippen MR) is 148 cm³/mol. The van der Waals surface area contributed by atoms with Gasteiger partial charge in [0.25, 0.3) is 5.56 Å². The average Bonchev–Trinajstić information content (AvgIpc) is 3.63. The first-order valence-electron chi connectivity index (χ1n) is 12.8. The van der Waals surface area contributed by atoms with Gasteiger partial charge in [0.1, 0.15) is 5.82 Å². The van der Waals surface area contributed by atoms with Crippen molar-refractivity contribution in [3.8, 4) is 22.5 Å². The summed E-state index contributed by atoms with van der Waals surface area (Å²) in [6.45, 7) is 4.37. The summed E-state index contributed by atoms with van der Waals surface area (Å²) in [5.74, 6) is 1.34. The van der Waals surface area contributed by atoms with Gasteiger partial charge >= 0.3 is 5.69 Å². The molecule has 10 nitrogen and oxygen atoms in total. The third kappa shape index (κ3) is 4.35. The lowest BCUT2D eigenvalue weighted by Gasteiger charge is -2.16. The Hall–Kier alpha value is -5.12. The number of aromatic amines is 2. The normalized spacial score (nSPS) is 12.2. The summed E-state index contributed by atoms with van der Waals surface area (Å²) in [7, 11) is 0. The fraction of sp³-hybridized carbons (Fsp3) is 0.172. The fourth-order valence-electron chi connectivity index (χ4n) is 5.06. The summed E-state index contributed by atoms with van der Waals surface area (Å²) < 4.78 is 3.48. The van der Waals surface area contributed by atoms with Crippen LogP contribution in [0.5, 0.6) is 0 Å². The fourth-order valence-corrected chi connectivity index (χ4v) is 5.06. The van der Waals surface area contributed by atoms with Crippen LogP contribution in [0, 0.1) is 0 Å². The average molecular weight is 519 g/mol. The summed E-state index contributed by atoms with van der Waals surface area (Å²) in [6.07, 6.45) is 0.610. The van der Waals surface area contributed by atoms with E-state index < -0.39 is 11.2 Å². The van der Waals surface area contributed by atoms with Gasteiger partial charge in [0.2, 0.25) is 0 Å². The highest BCUT2D eigenvalue weighted by atomic mass is 16.2. The van der Waals surface area contributed by atoms with Crippen molar-refractivity contribution in [2.75, 3.05) is 0 Å². The molecular weight excluding hydrogens is 492 g/mol. The summed E-state index contributed by atoms with van der Waals surface area (Å²) in [5.41, 5.74) is 4.75. The molecule has 6 rings (SSSR count). The maximum Gasteiger partial charge on any atom is 0.330 e. The minimum Gasteiger partial charge on any atom is -0.318 e. The number of hydrogen-bond acceptors (Lipinski definition) is 6. The van der Waals surface area contributed by atoms with E-state index in [4.69, 9.17) is 4.98 Å². The number of rotatable bonds is 7. The van der Waals surface area contributed by atoms with Gasteiger partial charge in [0.05, 0.1) is 6.04 Å². The smallest absolute Gasteiger partial charge is 0.318 e. The molecule has 39 heavy (non-hydrogen) atoms. The Morgan fingerprint density at radius 3 is 2.31 bits per heavy atom. The zero-order valence-electron chi connectivity index (χ0n) is 21.5. The van der Waals surface area contributed by atoms with Crippen LogP contribution in [0.15, 0.2) is 88.5 Å². The summed E-state index contributed by atoms with van der Waals surface area (Å²) >= 11 is 0. The second-order valence-corrected chi connectivity index (χ2v) is 9.35. The van der Waals surface area contributed by atoms with E-state index in [0.717, 1.165) is 33.6 Å². The Kier molecular flexibility index (Phi) is 6.20. The second-order valence-electron chi connectivity index (χ2n) is 9.35. The number of aromatic nitrogens is 8. The molecule has 3 aromatic carbocycles. The van der Waals surface area contributed by atoms with Crippen LogP contribution in [0.2, 0.25) is 0 Å². The highest BCUT2D eigenvalue weighted by Crippen LogP contribution is 2.30. The number of benzene rings is 3. The summed E-state index contributed by atoms with van der Waals surface area (Å²) in [6, 6.07) is 25.5. The van der Waals surface area contributed by atoms with E-state index >= 15 is 0 Å². The van der Waals surface area contributed by atoms with Crippen LogP contribution in [0.4, 0.5) is 0 Å². The quantitative estimate of drug-likeness (QED) is 0.329. The van der Waals surface area contributed by atoms with Gasteiger partial charge in [-0.05, 0) is 39.6 Å². The molecule has 0 aliphatic rings. The van der Waals surface area contributed by atoms with E-state index in [0.29, 0.717) is 30.0 Å². The number of aryl methyl sites for hydroxylation is 1. The minimum atomic E-state index is -0.471. The third-order valence-corrected chi connectivity index (χ3v) is 7.03. The van der Waals surface area contributed by atoms with Crippen LogP contribution in [0.25, 0.3) is 33.7 Å². The molecule has 0 saturated carbocycles. The van der Waals surface area contributed by atoms with Crippen molar-refractivity contribution in [1.82, 2.24) is 39.7 Å². The number of tetrazole rings is 1. The maximum atomic E-state index is 13.1. The van der Waals surface area contributed by atoms with Crippen LogP contribution in [-0.2, 0) is 13.0 Å². The van der Waals surface area contributed by atoms with E-state index in [1.54, 1.807) is 4.57 Å². The lowest BCUT2D eigenvalue weighted by Crippen LogP contribution is -2.33. The molecule has 0 amide bonds. The zero-order chi connectivity index (χ0) is 26.9. The standard InChI is InChI=1S/C29H26N8O2/c1-3-24-30-27-25(28(38)31-29(39)37(27)18(2)20-9-5-4-6-10-20)36(24)17-19-13-15-21(16-14-19)22-11-7-8-12-23(22)26-32-34-35-33-26/h4-16,18H,3,17H2,1-2H3,(H,31,38,39)(H,32,33,34,35). The molecular formula is C29H26N8O2. The van der Waals surface area contributed by atoms with E-state index in [1.807, 2.05) is 97.3 Å². The van der Waals surface area contributed by atoms with Gasteiger partial charge in [0.15, 0.2) is 17.0 Å². The van der Waals surface area contributed by atoms with Crippen LogP contribution in [0.1, 0.15) is 36.8 Å². The van der Waals surface area contributed by atoms with Crippen molar-refractivity contribution < 1.29 is 0 Å². The second kappa shape index (κ2) is 9.97. The Morgan fingerprint density at radius 2 is 1.62 bits per heavy atom. The van der Waals surface area contributed by atoms with Crippen LogP contribution >= 0.6 is 0 Å². The Bertz CT molecular complexity index is 1870. The van der Waals surface area contributed by atoms with E-state index in [2.05, 4.69) is 25.6 Å². The number of H-pyrrole nitrogens is 2. The number of hydrogen-bond donors (Lipinski definition) is 2. The van der Waals surface area contributed by atoms with E-state index in [9.17, 15) is 9.59 Å². The molecule has 0 radical (unpaired) electrons. The Morgan fingerprint density at radius 1 is 0.897 bits per heavy atom. The largest absolute Gasteiger partial charge is 0.330 e. The molecule has 0 aliphatic heterocycles. The van der Waals surface area contributed by atoms with Crippen molar-refractivity contribution in [1.29, 1.82) is 0 Å². The molecule has 0 saturated heterocycles. The van der Waals surface area contributed by atoms with Crippen molar-refractivity contribution in [2.24, 2.45) is 0 Å². The van der Waals surface area contributed by atoms with E-state index in [-0.39, 0.29) is 6.04 Å². The minimum absolute atomic E-state index is 0.301. The molecule has 0 aliphatic carbocycles. The number of imidazole rings is 1. The maximum absolute atomic E-state index is 13.1. The van der Waals surface area contributed by atoms with Crippen LogP contribution < -0.4 is 11.2 Å². The highest BCUT2D eigenvalue weighted by Gasteiger charge is 2.21. The topological polar surface area (TPSA) is 127 Å². The van der Waals surface area contributed by atoms with Gasteiger partial charge in [-0.2, -0.15) is 0 Å². The van der Waals surface area contributed by atoms with Gasteiger partial charge in [-0.15, -0.1) is 5.10 Å². The molecule has 194 valence electrons. The molecule has 3 heterocycles. The lowest BCUT2D eigenvalue weighted by molar-refractivity contribution is 0.614. The van der Waals surface area contributed by atoms with Crippen molar-refractivity contribution in [3.63, 3.8) is 0 Å². The number of fused-ring (bicyclic) bond motifs is 1. The highest BCUT2D eigenvalue weighted by molar-refractivity contribution is 5.80. The first kappa shape index (κ1) is 24.2. The van der Waals surface area contributed by atoms with E-state index in [1.165, 1.54) is 0 Å². The molecule has 0 spiro atoms. The van der Waals surface area contributed by atoms with Crippen LogP contribution in [-0.4, -0.2) is 39.7 Å². The van der Waals surface area contributed by atoms with Gasteiger partial charge in [-0.3, -0.25) is 14.3 Å². The third-order valence-electron chi connectivity index (χ3n) is 7.03. The Balaban J connectivity index is 1.40. The summed E-state index contributed by atoms with van der Waals surface area (Å²) in [5, 5.41) is 14.3. The van der Waals surface area contributed by atoms with Crippen LogP contribution in [0.3, 0.4) is 0 Å².